The number of aliphatic hydroxyl groups is 1. The van der Waals surface area contributed by atoms with E-state index in [2.05, 4.69) is 54.5 Å². The van der Waals surface area contributed by atoms with Gasteiger partial charge in [-0.2, -0.15) is 0 Å². The largest absolute Gasteiger partial charge is 0.481 e. The van der Waals surface area contributed by atoms with Gasteiger partial charge in [0.15, 0.2) is 5.60 Å². The molecule has 11 nitrogen and oxygen atoms in total. The Morgan fingerprint density at radius 2 is 1.52 bits per heavy atom. The van der Waals surface area contributed by atoms with E-state index in [1.807, 2.05) is 25.3 Å². The van der Waals surface area contributed by atoms with Gasteiger partial charge in [-0.1, -0.05) is 12.1 Å². The highest BCUT2D eigenvalue weighted by Gasteiger charge is 2.41. The van der Waals surface area contributed by atoms with E-state index in [1.165, 1.54) is 5.69 Å². The normalized spacial score (nSPS) is 16.7. The van der Waals surface area contributed by atoms with Crippen LogP contribution in [0.1, 0.15) is 70.5 Å². The molecule has 0 amide bonds. The van der Waals surface area contributed by atoms with Crippen LogP contribution in [0.25, 0.3) is 0 Å². The first-order chi connectivity index (χ1) is 18.3. The van der Waals surface area contributed by atoms with E-state index in [1.54, 1.807) is 12.1 Å². The number of benzene rings is 1. The lowest BCUT2D eigenvalue weighted by atomic mass is 9.79. The highest BCUT2D eigenvalue weighted by molar-refractivity contribution is 5.88. The topological polar surface area (TPSA) is 165 Å². The predicted molar refractivity (Wildman–Crippen MR) is 145 cm³/mol. The van der Waals surface area contributed by atoms with Crippen LogP contribution in [0, 0.1) is 12.7 Å². The molecule has 1 aromatic heterocycles. The summed E-state index contributed by atoms with van der Waals surface area (Å²) >= 11 is 0. The number of nitrogens with one attached hydrogen (secondary N) is 1. The van der Waals surface area contributed by atoms with Crippen LogP contribution >= 0.6 is 0 Å². The maximum Gasteiger partial charge on any atom is 0.336 e. The molecular formula is C28H41FN4O7. The standard InChI is InChI=1S/C22H33FN4.C6H8O7/c1-16-24-13-20(26(16)6)15-27(14-17-7-9-18(23)10-8-17)19-11-21(2,3)25-22(4,5)12-19;7-3(8)1-6(13,5(11)12)2-4(9)10/h7-10,13,19,25H,11-12,14-15H2,1-6H3;13H,1-2H2,(H,7,8)(H,9,10)(H,11,12). The fourth-order valence-electron chi connectivity index (χ4n) is 5.28. The number of nitrogens with zero attached hydrogens (tertiary/aromatic N) is 3. The van der Waals surface area contributed by atoms with Crippen LogP contribution in [0.3, 0.4) is 0 Å². The molecule has 3 rings (SSSR count). The van der Waals surface area contributed by atoms with Gasteiger partial charge in [0.25, 0.3) is 0 Å². The molecular weight excluding hydrogens is 523 g/mol. The number of carboxylic acid groups (broad SMARTS) is 3. The summed E-state index contributed by atoms with van der Waals surface area (Å²) in [7, 11) is 2.07. The lowest BCUT2D eigenvalue weighted by Crippen LogP contribution is -2.62. The molecule has 1 fully saturated rings. The maximum atomic E-state index is 13.4. The molecule has 0 atom stereocenters. The summed E-state index contributed by atoms with van der Waals surface area (Å²) in [5.74, 6) is -4.18. The van der Waals surface area contributed by atoms with Crippen molar-refractivity contribution in [1.29, 1.82) is 0 Å². The molecule has 0 aliphatic carbocycles. The Hall–Kier alpha value is -3.35. The minimum atomic E-state index is -2.74. The molecule has 2 heterocycles. The molecule has 1 saturated heterocycles. The van der Waals surface area contributed by atoms with Crippen LogP contribution in [0.5, 0.6) is 0 Å². The monoisotopic (exact) mass is 564 g/mol. The number of piperidine rings is 1. The summed E-state index contributed by atoms with van der Waals surface area (Å²) in [4.78, 5) is 37.5. The SMILES string of the molecule is Cc1ncc(CN(Cc2ccc(F)cc2)C2CC(C)(C)NC(C)(C)C2)n1C.O=C(O)CC(O)(CC(=O)O)C(=O)O. The zero-order chi connectivity index (χ0) is 30.5. The van der Waals surface area contributed by atoms with Crippen LogP contribution in [0.15, 0.2) is 30.5 Å². The first kappa shape index (κ1) is 32.9. The number of halogens is 1. The summed E-state index contributed by atoms with van der Waals surface area (Å²) in [5, 5.41) is 37.6. The molecule has 0 unspecified atom stereocenters. The van der Waals surface area contributed by atoms with Gasteiger partial charge >= 0.3 is 17.9 Å². The lowest BCUT2D eigenvalue weighted by Gasteiger charge is -2.49. The van der Waals surface area contributed by atoms with Gasteiger partial charge in [-0.05, 0) is 65.2 Å². The molecule has 0 bridgehead atoms. The molecule has 40 heavy (non-hydrogen) atoms. The van der Waals surface area contributed by atoms with Crippen LogP contribution in [-0.2, 0) is 34.5 Å². The minimum absolute atomic E-state index is 0.0792. The molecule has 2 aromatic rings. The Morgan fingerprint density at radius 3 is 1.93 bits per heavy atom. The number of rotatable bonds is 10. The average molecular weight is 565 g/mol. The summed E-state index contributed by atoms with van der Waals surface area (Å²) < 4.78 is 15.5. The smallest absolute Gasteiger partial charge is 0.336 e. The van der Waals surface area contributed by atoms with Crippen molar-refractivity contribution in [3.05, 3.63) is 53.4 Å². The van der Waals surface area contributed by atoms with E-state index in [0.29, 0.717) is 6.04 Å². The molecule has 222 valence electrons. The third kappa shape index (κ3) is 9.68. The maximum absolute atomic E-state index is 13.4. The Balaban J connectivity index is 0.000000366. The van der Waals surface area contributed by atoms with E-state index in [4.69, 9.17) is 20.4 Å². The number of aryl methyl sites for hydroxylation is 1. The zero-order valence-corrected chi connectivity index (χ0v) is 23.9. The van der Waals surface area contributed by atoms with Crippen LogP contribution in [-0.4, -0.2) is 75.5 Å². The van der Waals surface area contributed by atoms with Gasteiger partial charge in [0.1, 0.15) is 11.6 Å². The second-order valence-electron chi connectivity index (χ2n) is 11.8. The van der Waals surface area contributed by atoms with Crippen molar-refractivity contribution in [2.75, 3.05) is 0 Å². The third-order valence-electron chi connectivity index (χ3n) is 6.95. The molecule has 0 spiro atoms. The van der Waals surface area contributed by atoms with Crippen molar-refractivity contribution in [3.63, 3.8) is 0 Å². The van der Waals surface area contributed by atoms with Crippen LogP contribution < -0.4 is 5.32 Å². The predicted octanol–water partition coefficient (Wildman–Crippen LogP) is 2.93. The number of imidazole rings is 1. The highest BCUT2D eigenvalue weighted by Crippen LogP contribution is 2.33. The first-order valence-corrected chi connectivity index (χ1v) is 13.0. The van der Waals surface area contributed by atoms with Crippen LogP contribution in [0.4, 0.5) is 4.39 Å². The van der Waals surface area contributed by atoms with Crippen molar-refractivity contribution in [2.45, 2.75) is 96.1 Å². The molecule has 0 saturated carbocycles. The summed E-state index contributed by atoms with van der Waals surface area (Å²) in [5.41, 5.74) is -0.225. The minimum Gasteiger partial charge on any atom is -0.481 e. The van der Waals surface area contributed by atoms with E-state index in [-0.39, 0.29) is 16.9 Å². The number of aromatic nitrogens is 2. The fraction of sp³-hybridized carbons (Fsp3) is 0.571. The van der Waals surface area contributed by atoms with Gasteiger partial charge in [-0.3, -0.25) is 14.5 Å². The molecule has 1 aromatic carbocycles. The van der Waals surface area contributed by atoms with Gasteiger partial charge in [0.2, 0.25) is 0 Å². The number of aliphatic carboxylic acids is 3. The Bertz CT molecular complexity index is 1160. The zero-order valence-electron chi connectivity index (χ0n) is 23.9. The second-order valence-corrected chi connectivity index (χ2v) is 11.8. The molecule has 0 radical (unpaired) electrons. The van der Waals surface area contributed by atoms with Gasteiger partial charge in [0.05, 0.1) is 18.5 Å². The number of hydrogen-bond acceptors (Lipinski definition) is 7. The van der Waals surface area contributed by atoms with E-state index >= 15 is 0 Å². The number of carbonyl (C=O) groups is 3. The molecule has 1 aliphatic rings. The summed E-state index contributed by atoms with van der Waals surface area (Å²) in [6.07, 6.45) is 1.84. The van der Waals surface area contributed by atoms with Gasteiger partial charge < -0.3 is 30.3 Å². The van der Waals surface area contributed by atoms with E-state index < -0.39 is 36.4 Å². The number of carboxylic acids is 3. The third-order valence-corrected chi connectivity index (χ3v) is 6.95. The van der Waals surface area contributed by atoms with Crippen molar-refractivity contribution in [2.24, 2.45) is 7.05 Å². The number of hydrogen-bond donors (Lipinski definition) is 5. The molecule has 1 aliphatic heterocycles. The Morgan fingerprint density at radius 1 is 1.02 bits per heavy atom. The average Bonchev–Trinajstić information content (AvgIpc) is 3.09. The van der Waals surface area contributed by atoms with Crippen molar-refractivity contribution >= 4 is 17.9 Å². The quantitative estimate of drug-likeness (QED) is 0.290. The van der Waals surface area contributed by atoms with Gasteiger partial charge in [-0.25, -0.2) is 14.2 Å². The van der Waals surface area contributed by atoms with Crippen molar-refractivity contribution < 1.29 is 39.2 Å². The summed E-state index contributed by atoms with van der Waals surface area (Å²) in [6, 6.07) is 7.34. The van der Waals surface area contributed by atoms with Crippen LogP contribution in [0.2, 0.25) is 0 Å². The Kier molecular flexibility index (Phi) is 10.6. The summed E-state index contributed by atoms with van der Waals surface area (Å²) in [6.45, 7) is 12.8. The van der Waals surface area contributed by atoms with E-state index in [0.717, 1.165) is 37.3 Å². The van der Waals surface area contributed by atoms with Crippen molar-refractivity contribution in [1.82, 2.24) is 19.8 Å². The lowest BCUT2D eigenvalue weighted by molar-refractivity contribution is -0.170. The highest BCUT2D eigenvalue weighted by atomic mass is 19.1. The second kappa shape index (κ2) is 12.9. The fourth-order valence-corrected chi connectivity index (χ4v) is 5.28. The van der Waals surface area contributed by atoms with Gasteiger partial charge in [0, 0.05) is 43.5 Å². The molecule has 12 heteroatoms. The first-order valence-electron chi connectivity index (χ1n) is 13.0. The molecule has 5 N–H and O–H groups in total. The van der Waals surface area contributed by atoms with E-state index in [9.17, 15) is 18.8 Å². The van der Waals surface area contributed by atoms with Gasteiger partial charge in [-0.15, -0.1) is 0 Å². The van der Waals surface area contributed by atoms with Crippen molar-refractivity contribution in [3.8, 4) is 0 Å². The Labute approximate surface area is 233 Å².